The summed E-state index contributed by atoms with van der Waals surface area (Å²) in [7, 11) is 0. The van der Waals surface area contributed by atoms with E-state index in [9.17, 15) is 4.79 Å². The molecule has 3 rings (SSSR count). The van der Waals surface area contributed by atoms with Crippen molar-refractivity contribution in [3.63, 3.8) is 0 Å². The molecule has 0 saturated heterocycles. The summed E-state index contributed by atoms with van der Waals surface area (Å²) < 4.78 is 0.980. The number of carbonyl (C=O) groups excluding carboxylic acids is 1. The number of benzene rings is 2. The number of aryl methyl sites for hydroxylation is 1. The van der Waals surface area contributed by atoms with Gasteiger partial charge < -0.3 is 5.32 Å². The number of nitrogens with zero attached hydrogens (tertiary/aromatic N) is 1. The van der Waals surface area contributed by atoms with E-state index in [-0.39, 0.29) is 5.91 Å². The van der Waals surface area contributed by atoms with E-state index in [1.807, 2.05) is 60.8 Å². The number of aromatic nitrogens is 1. The number of carbonyl (C=O) groups is 1. The first kappa shape index (κ1) is 14.9. The van der Waals surface area contributed by atoms with Crippen molar-refractivity contribution in [1.29, 1.82) is 0 Å². The zero-order valence-corrected chi connectivity index (χ0v) is 14.2. The van der Waals surface area contributed by atoms with E-state index in [0.29, 0.717) is 5.56 Å². The van der Waals surface area contributed by atoms with Crippen molar-refractivity contribution < 1.29 is 4.79 Å². The SMILES string of the molecule is Cc1nc(-c2ccc(C(=O)Nc3ccc(Br)cc3)cc2)cs1. The normalized spacial score (nSPS) is 10.5. The standard InChI is InChI=1S/C17H13BrN2OS/c1-11-19-16(10-22-11)12-2-4-13(5-3-12)17(21)20-15-8-6-14(18)7-9-15/h2-10H,1H3,(H,20,21). The lowest BCUT2D eigenvalue weighted by Gasteiger charge is -2.06. The van der Waals surface area contributed by atoms with Gasteiger partial charge in [0.15, 0.2) is 0 Å². The van der Waals surface area contributed by atoms with Crippen LogP contribution >= 0.6 is 27.3 Å². The molecule has 0 aliphatic carbocycles. The number of thiazole rings is 1. The lowest BCUT2D eigenvalue weighted by atomic mass is 10.1. The third kappa shape index (κ3) is 3.43. The Hall–Kier alpha value is -1.98. The van der Waals surface area contributed by atoms with Gasteiger partial charge in [-0.05, 0) is 43.3 Å². The fourth-order valence-electron chi connectivity index (χ4n) is 2.02. The molecule has 0 unspecified atom stereocenters. The maximum Gasteiger partial charge on any atom is 0.255 e. The van der Waals surface area contributed by atoms with Crippen molar-refractivity contribution in [3.8, 4) is 11.3 Å². The predicted molar refractivity (Wildman–Crippen MR) is 94.4 cm³/mol. The second-order valence-electron chi connectivity index (χ2n) is 4.79. The minimum absolute atomic E-state index is 0.122. The molecule has 0 bridgehead atoms. The van der Waals surface area contributed by atoms with Crippen molar-refractivity contribution in [1.82, 2.24) is 4.98 Å². The summed E-state index contributed by atoms with van der Waals surface area (Å²) in [5.74, 6) is -0.122. The monoisotopic (exact) mass is 372 g/mol. The Kier molecular flexibility index (Phi) is 4.36. The van der Waals surface area contributed by atoms with Gasteiger partial charge in [0.25, 0.3) is 5.91 Å². The fraction of sp³-hybridized carbons (Fsp3) is 0.0588. The zero-order valence-electron chi connectivity index (χ0n) is 11.8. The quantitative estimate of drug-likeness (QED) is 0.691. The van der Waals surface area contributed by atoms with Crippen LogP contribution in [0.25, 0.3) is 11.3 Å². The van der Waals surface area contributed by atoms with Gasteiger partial charge in [-0.1, -0.05) is 28.1 Å². The van der Waals surface area contributed by atoms with Crippen LogP contribution in [0.5, 0.6) is 0 Å². The van der Waals surface area contributed by atoms with Crippen LogP contribution in [0, 0.1) is 6.92 Å². The Bertz CT molecular complexity index is 794. The van der Waals surface area contributed by atoms with Gasteiger partial charge in [-0.3, -0.25) is 4.79 Å². The highest BCUT2D eigenvalue weighted by Crippen LogP contribution is 2.22. The highest BCUT2D eigenvalue weighted by molar-refractivity contribution is 9.10. The molecule has 1 heterocycles. The molecule has 1 aromatic heterocycles. The average Bonchev–Trinajstić information content (AvgIpc) is 2.96. The highest BCUT2D eigenvalue weighted by atomic mass is 79.9. The zero-order chi connectivity index (χ0) is 15.5. The summed E-state index contributed by atoms with van der Waals surface area (Å²) in [5, 5.41) is 5.93. The summed E-state index contributed by atoms with van der Waals surface area (Å²) in [6, 6.07) is 15.0. The highest BCUT2D eigenvalue weighted by Gasteiger charge is 2.07. The number of halogens is 1. The van der Waals surface area contributed by atoms with E-state index >= 15 is 0 Å². The van der Waals surface area contributed by atoms with E-state index in [2.05, 4.69) is 26.2 Å². The average molecular weight is 373 g/mol. The number of nitrogens with one attached hydrogen (secondary N) is 1. The fourth-order valence-corrected chi connectivity index (χ4v) is 2.91. The second-order valence-corrected chi connectivity index (χ2v) is 6.77. The van der Waals surface area contributed by atoms with E-state index in [4.69, 9.17) is 0 Å². The van der Waals surface area contributed by atoms with Gasteiger partial charge in [0.05, 0.1) is 10.7 Å². The van der Waals surface area contributed by atoms with Gasteiger partial charge in [0.2, 0.25) is 0 Å². The lowest BCUT2D eigenvalue weighted by Crippen LogP contribution is -2.11. The Morgan fingerprint density at radius 1 is 1.09 bits per heavy atom. The van der Waals surface area contributed by atoms with Crippen molar-refractivity contribution in [3.05, 3.63) is 69.0 Å². The molecule has 0 atom stereocenters. The van der Waals surface area contributed by atoms with Crippen molar-refractivity contribution in [2.45, 2.75) is 6.92 Å². The largest absolute Gasteiger partial charge is 0.322 e. The van der Waals surface area contributed by atoms with E-state index in [1.165, 1.54) is 0 Å². The summed E-state index contributed by atoms with van der Waals surface area (Å²) >= 11 is 4.99. The Labute approximate surface area is 141 Å². The summed E-state index contributed by atoms with van der Waals surface area (Å²) in [6.45, 7) is 1.98. The Balaban J connectivity index is 1.74. The molecule has 0 aliphatic rings. The van der Waals surface area contributed by atoms with Crippen LogP contribution in [0.3, 0.4) is 0 Å². The molecule has 3 nitrogen and oxygen atoms in total. The van der Waals surface area contributed by atoms with Crippen LogP contribution in [-0.4, -0.2) is 10.9 Å². The first-order valence-electron chi connectivity index (χ1n) is 6.71. The molecular weight excluding hydrogens is 360 g/mol. The van der Waals surface area contributed by atoms with Crippen molar-refractivity contribution in [2.75, 3.05) is 5.32 Å². The summed E-state index contributed by atoms with van der Waals surface area (Å²) in [6.07, 6.45) is 0. The molecule has 5 heteroatoms. The van der Waals surface area contributed by atoms with Gasteiger partial charge in [0.1, 0.15) is 0 Å². The Morgan fingerprint density at radius 2 is 1.77 bits per heavy atom. The first-order valence-corrected chi connectivity index (χ1v) is 8.38. The molecule has 22 heavy (non-hydrogen) atoms. The van der Waals surface area contributed by atoms with Gasteiger partial charge in [0, 0.05) is 26.7 Å². The lowest BCUT2D eigenvalue weighted by molar-refractivity contribution is 0.102. The van der Waals surface area contributed by atoms with Crippen LogP contribution in [-0.2, 0) is 0 Å². The smallest absolute Gasteiger partial charge is 0.255 e. The predicted octanol–water partition coefficient (Wildman–Crippen LogP) is 5.13. The molecule has 0 radical (unpaired) electrons. The molecule has 0 saturated carbocycles. The van der Waals surface area contributed by atoms with Crippen LogP contribution in [0.2, 0.25) is 0 Å². The molecule has 3 aromatic rings. The molecule has 0 spiro atoms. The first-order chi connectivity index (χ1) is 10.6. The Morgan fingerprint density at radius 3 is 2.36 bits per heavy atom. The van der Waals surface area contributed by atoms with Gasteiger partial charge in [-0.2, -0.15) is 0 Å². The van der Waals surface area contributed by atoms with Crippen molar-refractivity contribution in [2.24, 2.45) is 0 Å². The van der Waals surface area contributed by atoms with Crippen LogP contribution < -0.4 is 5.32 Å². The molecule has 2 aromatic carbocycles. The maximum absolute atomic E-state index is 12.2. The van der Waals surface area contributed by atoms with Crippen molar-refractivity contribution >= 4 is 38.9 Å². The third-order valence-corrected chi connectivity index (χ3v) is 4.47. The molecule has 1 N–H and O–H groups in total. The topological polar surface area (TPSA) is 42.0 Å². The second kappa shape index (κ2) is 6.42. The minimum atomic E-state index is -0.122. The van der Waals surface area contributed by atoms with Gasteiger partial charge >= 0.3 is 0 Å². The molecule has 0 aliphatic heterocycles. The van der Waals surface area contributed by atoms with Crippen LogP contribution in [0.15, 0.2) is 58.4 Å². The molecular formula is C17H13BrN2OS. The van der Waals surface area contributed by atoms with Crippen LogP contribution in [0.1, 0.15) is 15.4 Å². The number of rotatable bonds is 3. The van der Waals surface area contributed by atoms with E-state index < -0.39 is 0 Å². The van der Waals surface area contributed by atoms with E-state index in [0.717, 1.165) is 26.4 Å². The third-order valence-electron chi connectivity index (χ3n) is 3.16. The summed E-state index contributed by atoms with van der Waals surface area (Å²) in [4.78, 5) is 16.7. The number of hydrogen-bond acceptors (Lipinski definition) is 3. The molecule has 110 valence electrons. The maximum atomic E-state index is 12.2. The molecule has 0 fully saturated rings. The van der Waals surface area contributed by atoms with Crippen LogP contribution in [0.4, 0.5) is 5.69 Å². The molecule has 1 amide bonds. The summed E-state index contributed by atoms with van der Waals surface area (Å²) in [5.41, 5.74) is 3.36. The number of anilines is 1. The van der Waals surface area contributed by atoms with E-state index in [1.54, 1.807) is 11.3 Å². The number of amides is 1. The number of hydrogen-bond donors (Lipinski definition) is 1. The van der Waals surface area contributed by atoms with Gasteiger partial charge in [-0.25, -0.2) is 4.98 Å². The van der Waals surface area contributed by atoms with Gasteiger partial charge in [-0.15, -0.1) is 11.3 Å². The minimum Gasteiger partial charge on any atom is -0.322 e.